The summed E-state index contributed by atoms with van der Waals surface area (Å²) in [4.78, 5) is 14.1. The molecule has 1 aliphatic rings. The van der Waals surface area contributed by atoms with E-state index in [1.807, 2.05) is 0 Å². The van der Waals surface area contributed by atoms with Crippen LogP contribution >= 0.6 is 0 Å². The van der Waals surface area contributed by atoms with Gasteiger partial charge in [-0.2, -0.15) is 0 Å². The summed E-state index contributed by atoms with van der Waals surface area (Å²) in [6, 6.07) is 10.8. The Bertz CT molecular complexity index is 416. The molecule has 1 aliphatic carbocycles. The summed E-state index contributed by atoms with van der Waals surface area (Å²) in [7, 11) is 2.22. The zero-order valence-corrected chi connectivity index (χ0v) is 12.9. The Morgan fingerprint density at radius 1 is 1.15 bits per heavy atom. The van der Waals surface area contributed by atoms with E-state index in [0.29, 0.717) is 5.78 Å². The molecule has 0 heterocycles. The zero-order chi connectivity index (χ0) is 14.4. The van der Waals surface area contributed by atoms with Crippen molar-refractivity contribution in [3.63, 3.8) is 0 Å². The van der Waals surface area contributed by atoms with Crippen molar-refractivity contribution in [2.75, 3.05) is 20.1 Å². The van der Waals surface area contributed by atoms with E-state index in [0.717, 1.165) is 38.8 Å². The molecule has 1 aromatic carbocycles. The summed E-state index contributed by atoms with van der Waals surface area (Å²) in [5, 5.41) is 0. The summed E-state index contributed by atoms with van der Waals surface area (Å²) in [5.41, 5.74) is 1.59. The first-order valence-corrected chi connectivity index (χ1v) is 7.92. The van der Waals surface area contributed by atoms with Crippen molar-refractivity contribution >= 4 is 5.78 Å². The third kappa shape index (κ3) is 3.69. The summed E-state index contributed by atoms with van der Waals surface area (Å²) >= 11 is 0. The first-order valence-electron chi connectivity index (χ1n) is 7.92. The number of rotatable bonds is 6. The van der Waals surface area contributed by atoms with Gasteiger partial charge in [0.15, 0.2) is 0 Å². The SMILES string of the molecule is CCCCN(C)CC1(c2ccccc2)CCC(=O)CC1. The first-order chi connectivity index (χ1) is 9.66. The number of ketones is 1. The Morgan fingerprint density at radius 2 is 1.80 bits per heavy atom. The smallest absolute Gasteiger partial charge is 0.132 e. The molecule has 20 heavy (non-hydrogen) atoms. The highest BCUT2D eigenvalue weighted by molar-refractivity contribution is 5.79. The number of unbranched alkanes of at least 4 members (excludes halogenated alkanes) is 1. The van der Waals surface area contributed by atoms with Crippen LogP contribution in [0.3, 0.4) is 0 Å². The first kappa shape index (κ1) is 15.2. The van der Waals surface area contributed by atoms with Crippen molar-refractivity contribution in [1.29, 1.82) is 0 Å². The van der Waals surface area contributed by atoms with Crippen LogP contribution in [0.15, 0.2) is 30.3 Å². The maximum absolute atomic E-state index is 11.6. The van der Waals surface area contributed by atoms with Gasteiger partial charge in [0.25, 0.3) is 0 Å². The Morgan fingerprint density at radius 3 is 2.40 bits per heavy atom. The fourth-order valence-corrected chi connectivity index (χ4v) is 3.36. The predicted octanol–water partition coefficient (Wildman–Crippen LogP) is 3.80. The fraction of sp³-hybridized carbons (Fsp3) is 0.611. The van der Waals surface area contributed by atoms with E-state index in [1.165, 1.54) is 18.4 Å². The molecule has 1 aromatic rings. The lowest BCUT2D eigenvalue weighted by molar-refractivity contribution is -0.121. The van der Waals surface area contributed by atoms with Crippen LogP contribution in [0.2, 0.25) is 0 Å². The van der Waals surface area contributed by atoms with E-state index in [2.05, 4.69) is 49.2 Å². The summed E-state index contributed by atoms with van der Waals surface area (Å²) < 4.78 is 0. The minimum Gasteiger partial charge on any atom is -0.305 e. The number of benzene rings is 1. The second-order valence-corrected chi connectivity index (χ2v) is 6.28. The summed E-state index contributed by atoms with van der Waals surface area (Å²) in [5.74, 6) is 0.438. The van der Waals surface area contributed by atoms with Gasteiger partial charge in [-0.1, -0.05) is 43.7 Å². The number of hydrogen-bond donors (Lipinski definition) is 0. The third-order valence-corrected chi connectivity index (χ3v) is 4.62. The van der Waals surface area contributed by atoms with Gasteiger partial charge < -0.3 is 4.90 Å². The number of carbonyl (C=O) groups excluding carboxylic acids is 1. The normalized spacial score (nSPS) is 18.4. The highest BCUT2D eigenvalue weighted by Gasteiger charge is 2.36. The van der Waals surface area contributed by atoms with Crippen molar-refractivity contribution in [2.24, 2.45) is 0 Å². The molecule has 110 valence electrons. The number of Topliss-reactive ketones (excluding diaryl/α,β-unsaturated/α-hetero) is 1. The number of hydrogen-bond acceptors (Lipinski definition) is 2. The van der Waals surface area contributed by atoms with E-state index in [9.17, 15) is 4.79 Å². The van der Waals surface area contributed by atoms with Crippen LogP contribution in [-0.4, -0.2) is 30.8 Å². The highest BCUT2D eigenvalue weighted by Crippen LogP contribution is 2.38. The third-order valence-electron chi connectivity index (χ3n) is 4.62. The Kier molecular flexibility index (Phi) is 5.36. The predicted molar refractivity (Wildman–Crippen MR) is 84.0 cm³/mol. The van der Waals surface area contributed by atoms with E-state index in [1.54, 1.807) is 0 Å². The maximum Gasteiger partial charge on any atom is 0.132 e. The van der Waals surface area contributed by atoms with Crippen LogP contribution in [0.25, 0.3) is 0 Å². The molecular formula is C18H27NO. The molecule has 0 aliphatic heterocycles. The van der Waals surface area contributed by atoms with Crippen molar-refractivity contribution in [1.82, 2.24) is 4.90 Å². The van der Waals surface area contributed by atoms with Gasteiger partial charge in [-0.3, -0.25) is 4.79 Å². The second kappa shape index (κ2) is 7.03. The van der Waals surface area contributed by atoms with Crippen molar-refractivity contribution in [3.05, 3.63) is 35.9 Å². The lowest BCUT2D eigenvalue weighted by atomic mass is 9.68. The number of carbonyl (C=O) groups is 1. The molecule has 0 N–H and O–H groups in total. The molecule has 0 saturated heterocycles. The lowest BCUT2D eigenvalue weighted by Gasteiger charge is -2.40. The molecule has 2 nitrogen and oxygen atoms in total. The van der Waals surface area contributed by atoms with Gasteiger partial charge in [0.2, 0.25) is 0 Å². The van der Waals surface area contributed by atoms with Crippen LogP contribution in [0, 0.1) is 0 Å². The molecule has 2 heteroatoms. The van der Waals surface area contributed by atoms with Gasteiger partial charge in [0.05, 0.1) is 0 Å². The van der Waals surface area contributed by atoms with Crippen LogP contribution in [-0.2, 0) is 10.2 Å². The molecule has 0 radical (unpaired) electrons. The molecule has 2 rings (SSSR count). The Labute approximate surface area is 123 Å². The monoisotopic (exact) mass is 273 g/mol. The van der Waals surface area contributed by atoms with Crippen molar-refractivity contribution in [3.8, 4) is 0 Å². The largest absolute Gasteiger partial charge is 0.305 e. The van der Waals surface area contributed by atoms with E-state index in [4.69, 9.17) is 0 Å². The lowest BCUT2D eigenvalue weighted by Crippen LogP contribution is -2.42. The number of nitrogens with zero attached hydrogens (tertiary/aromatic N) is 1. The molecule has 0 unspecified atom stereocenters. The van der Waals surface area contributed by atoms with Crippen LogP contribution in [0.1, 0.15) is 51.0 Å². The average molecular weight is 273 g/mol. The quantitative estimate of drug-likeness (QED) is 0.785. The van der Waals surface area contributed by atoms with Gasteiger partial charge in [-0.05, 0) is 38.4 Å². The fourth-order valence-electron chi connectivity index (χ4n) is 3.36. The zero-order valence-electron chi connectivity index (χ0n) is 12.9. The minimum absolute atomic E-state index is 0.178. The standard InChI is InChI=1S/C18H27NO/c1-3-4-14-19(2)15-18(12-10-17(20)11-13-18)16-8-6-5-7-9-16/h5-9H,3-4,10-15H2,1-2H3. The molecule has 1 saturated carbocycles. The van der Waals surface area contributed by atoms with Crippen LogP contribution in [0.5, 0.6) is 0 Å². The molecule has 0 aromatic heterocycles. The molecule has 0 spiro atoms. The Hall–Kier alpha value is -1.15. The summed E-state index contributed by atoms with van der Waals surface area (Å²) in [6.45, 7) is 4.46. The highest BCUT2D eigenvalue weighted by atomic mass is 16.1. The van der Waals surface area contributed by atoms with Gasteiger partial charge in [0, 0.05) is 24.8 Å². The average Bonchev–Trinajstić information content (AvgIpc) is 2.49. The van der Waals surface area contributed by atoms with Crippen LogP contribution < -0.4 is 0 Å². The van der Waals surface area contributed by atoms with E-state index >= 15 is 0 Å². The Balaban J connectivity index is 2.14. The van der Waals surface area contributed by atoms with Crippen molar-refractivity contribution < 1.29 is 4.79 Å². The van der Waals surface area contributed by atoms with Crippen molar-refractivity contribution in [2.45, 2.75) is 50.9 Å². The van der Waals surface area contributed by atoms with Gasteiger partial charge in [0.1, 0.15) is 5.78 Å². The van der Waals surface area contributed by atoms with E-state index in [-0.39, 0.29) is 5.41 Å². The molecule has 0 amide bonds. The minimum atomic E-state index is 0.178. The van der Waals surface area contributed by atoms with Crippen LogP contribution in [0.4, 0.5) is 0 Å². The van der Waals surface area contributed by atoms with Gasteiger partial charge in [-0.15, -0.1) is 0 Å². The second-order valence-electron chi connectivity index (χ2n) is 6.28. The maximum atomic E-state index is 11.6. The molecule has 0 bridgehead atoms. The van der Waals surface area contributed by atoms with Gasteiger partial charge >= 0.3 is 0 Å². The molecular weight excluding hydrogens is 246 g/mol. The topological polar surface area (TPSA) is 20.3 Å². The summed E-state index contributed by atoms with van der Waals surface area (Å²) in [6.07, 6.45) is 5.99. The van der Waals surface area contributed by atoms with Gasteiger partial charge in [-0.25, -0.2) is 0 Å². The van der Waals surface area contributed by atoms with E-state index < -0.39 is 0 Å². The molecule has 0 atom stereocenters. The molecule has 1 fully saturated rings. The number of likely N-dealkylation sites (N-methyl/N-ethyl adjacent to an activating group) is 1.